The largest absolute Gasteiger partial charge is 0.547 e. The van der Waals surface area contributed by atoms with E-state index in [-0.39, 0.29) is 0 Å². The SMILES string of the molecule is O=C([O-])[C@@H]1O[C@H]2OC3(CCCCC3)O[C@@H]2[C@H]2OC3(CCCCC3)O[C@@H]21. The van der Waals surface area contributed by atoms with Gasteiger partial charge in [0.05, 0.1) is 5.97 Å². The van der Waals surface area contributed by atoms with Crippen LogP contribution in [0.3, 0.4) is 0 Å². The number of aliphatic carboxylic acids is 1. The van der Waals surface area contributed by atoms with E-state index in [0.717, 1.165) is 57.8 Å². The van der Waals surface area contributed by atoms with Crippen molar-refractivity contribution in [1.29, 1.82) is 0 Å². The minimum atomic E-state index is -1.28. The van der Waals surface area contributed by atoms with Gasteiger partial charge in [0.25, 0.3) is 0 Å². The van der Waals surface area contributed by atoms with Crippen molar-refractivity contribution >= 4 is 5.97 Å². The lowest BCUT2D eigenvalue weighted by molar-refractivity contribution is -0.335. The van der Waals surface area contributed by atoms with Gasteiger partial charge in [-0.15, -0.1) is 0 Å². The molecule has 2 aliphatic carbocycles. The normalized spacial score (nSPS) is 44.6. The Morgan fingerprint density at radius 2 is 1.24 bits per heavy atom. The summed E-state index contributed by atoms with van der Waals surface area (Å²) in [6, 6.07) is 0. The number of rotatable bonds is 1. The summed E-state index contributed by atoms with van der Waals surface area (Å²) in [6.45, 7) is 0. The third-order valence-corrected chi connectivity index (χ3v) is 6.34. The van der Waals surface area contributed by atoms with Crippen LogP contribution in [0, 0.1) is 0 Å². The molecule has 5 fully saturated rings. The van der Waals surface area contributed by atoms with E-state index >= 15 is 0 Å². The summed E-state index contributed by atoms with van der Waals surface area (Å²) >= 11 is 0. The van der Waals surface area contributed by atoms with Gasteiger partial charge in [0.1, 0.15) is 24.4 Å². The van der Waals surface area contributed by atoms with Gasteiger partial charge in [-0.2, -0.15) is 0 Å². The molecule has 7 nitrogen and oxygen atoms in total. The lowest BCUT2D eigenvalue weighted by Gasteiger charge is -2.37. The Balaban J connectivity index is 1.43. The van der Waals surface area contributed by atoms with Crippen LogP contribution >= 0.6 is 0 Å². The van der Waals surface area contributed by atoms with Crippen molar-refractivity contribution < 1.29 is 33.6 Å². The molecular formula is C18H25O7-. The highest BCUT2D eigenvalue weighted by Gasteiger charge is 2.64. The second-order valence-electron chi connectivity index (χ2n) is 8.05. The average molecular weight is 353 g/mol. The fourth-order valence-electron chi connectivity index (χ4n) is 5.15. The van der Waals surface area contributed by atoms with Crippen LogP contribution in [0.2, 0.25) is 0 Å². The van der Waals surface area contributed by atoms with Crippen molar-refractivity contribution in [3.63, 3.8) is 0 Å². The van der Waals surface area contributed by atoms with Gasteiger partial charge in [0.2, 0.25) is 0 Å². The number of carbonyl (C=O) groups excluding carboxylic acids is 1. The molecule has 2 spiro atoms. The van der Waals surface area contributed by atoms with Gasteiger partial charge in [-0.1, -0.05) is 12.8 Å². The molecule has 0 aromatic heterocycles. The molecule has 3 aliphatic heterocycles. The first kappa shape index (κ1) is 16.4. The molecule has 25 heavy (non-hydrogen) atoms. The van der Waals surface area contributed by atoms with E-state index in [9.17, 15) is 9.90 Å². The van der Waals surface area contributed by atoms with Crippen LogP contribution in [0.25, 0.3) is 0 Å². The number of ether oxygens (including phenoxy) is 5. The molecule has 0 radical (unpaired) electrons. The molecule has 5 atom stereocenters. The van der Waals surface area contributed by atoms with Crippen LogP contribution in [0.4, 0.5) is 0 Å². The number of carbonyl (C=O) groups is 1. The molecule has 3 heterocycles. The Labute approximate surface area is 146 Å². The maximum Gasteiger partial charge on any atom is 0.190 e. The van der Waals surface area contributed by atoms with Gasteiger partial charge in [0.15, 0.2) is 17.9 Å². The van der Waals surface area contributed by atoms with Crippen LogP contribution in [0.1, 0.15) is 64.2 Å². The molecule has 2 saturated carbocycles. The lowest BCUT2D eigenvalue weighted by Crippen LogP contribution is -2.60. The number of carboxylic acid groups (broad SMARTS) is 1. The fourth-order valence-corrected chi connectivity index (χ4v) is 5.15. The van der Waals surface area contributed by atoms with E-state index in [4.69, 9.17) is 23.7 Å². The molecule has 0 aromatic carbocycles. The van der Waals surface area contributed by atoms with Gasteiger partial charge >= 0.3 is 0 Å². The van der Waals surface area contributed by atoms with Gasteiger partial charge in [-0.3, -0.25) is 0 Å². The highest BCUT2D eigenvalue weighted by Crippen LogP contribution is 2.50. The molecule has 5 rings (SSSR count). The third-order valence-electron chi connectivity index (χ3n) is 6.34. The quantitative estimate of drug-likeness (QED) is 0.694. The molecule has 140 valence electrons. The first-order valence-electron chi connectivity index (χ1n) is 9.68. The summed E-state index contributed by atoms with van der Waals surface area (Å²) in [4.78, 5) is 11.7. The smallest absolute Gasteiger partial charge is 0.190 e. The maximum atomic E-state index is 11.7. The standard InChI is InChI=1S/C18H26O7/c19-15(20)13-11-12(23-17(22-11)7-3-1-4-8-17)14-16(21-13)25-18(24-14)9-5-2-6-10-18/h11-14,16H,1-10H2,(H,19,20)/p-1/t11-,12-,13+,14+,16-/m0/s1. The zero-order valence-corrected chi connectivity index (χ0v) is 14.3. The second kappa shape index (κ2) is 5.89. The maximum absolute atomic E-state index is 11.7. The predicted octanol–water partition coefficient (Wildman–Crippen LogP) is 0.981. The van der Waals surface area contributed by atoms with Crippen molar-refractivity contribution in [3.05, 3.63) is 0 Å². The Kier molecular flexibility index (Phi) is 3.87. The highest BCUT2D eigenvalue weighted by molar-refractivity contribution is 5.71. The minimum Gasteiger partial charge on any atom is -0.547 e. The Bertz CT molecular complexity index is 538. The Morgan fingerprint density at radius 3 is 1.84 bits per heavy atom. The topological polar surface area (TPSA) is 86.3 Å². The minimum absolute atomic E-state index is 0.444. The van der Waals surface area contributed by atoms with Gasteiger partial charge in [-0.25, -0.2) is 0 Å². The molecular weight excluding hydrogens is 328 g/mol. The summed E-state index contributed by atoms with van der Waals surface area (Å²) in [6.07, 6.45) is 6.07. The van der Waals surface area contributed by atoms with Crippen molar-refractivity contribution in [2.75, 3.05) is 0 Å². The van der Waals surface area contributed by atoms with E-state index in [1.54, 1.807) is 0 Å². The van der Waals surface area contributed by atoms with E-state index in [1.165, 1.54) is 6.42 Å². The first-order valence-corrected chi connectivity index (χ1v) is 9.68. The molecule has 3 saturated heterocycles. The van der Waals surface area contributed by atoms with E-state index in [0.29, 0.717) is 0 Å². The Morgan fingerprint density at radius 1 is 0.720 bits per heavy atom. The summed E-state index contributed by atoms with van der Waals surface area (Å²) in [5, 5.41) is 11.7. The molecule has 0 bridgehead atoms. The van der Waals surface area contributed by atoms with Gasteiger partial charge in [0, 0.05) is 25.7 Å². The molecule has 0 unspecified atom stereocenters. The molecule has 0 aromatic rings. The number of fused-ring (bicyclic) bond motifs is 3. The monoisotopic (exact) mass is 353 g/mol. The van der Waals surface area contributed by atoms with E-state index in [2.05, 4.69) is 0 Å². The summed E-state index contributed by atoms with van der Waals surface area (Å²) in [7, 11) is 0. The zero-order chi connectivity index (χ0) is 17.1. The summed E-state index contributed by atoms with van der Waals surface area (Å²) < 4.78 is 30.6. The van der Waals surface area contributed by atoms with Crippen LogP contribution in [-0.2, 0) is 28.5 Å². The van der Waals surface area contributed by atoms with Crippen LogP contribution in [-0.4, -0.2) is 48.2 Å². The van der Waals surface area contributed by atoms with Crippen molar-refractivity contribution in [2.45, 2.75) is 106 Å². The van der Waals surface area contributed by atoms with Gasteiger partial charge in [-0.05, 0) is 25.7 Å². The van der Waals surface area contributed by atoms with Crippen molar-refractivity contribution in [1.82, 2.24) is 0 Å². The van der Waals surface area contributed by atoms with E-state index in [1.807, 2.05) is 0 Å². The summed E-state index contributed by atoms with van der Waals surface area (Å²) in [5.41, 5.74) is 0. The number of carboxylic acids is 1. The van der Waals surface area contributed by atoms with Crippen molar-refractivity contribution in [2.24, 2.45) is 0 Å². The fraction of sp³-hybridized carbons (Fsp3) is 0.944. The first-order chi connectivity index (χ1) is 12.1. The molecule has 0 amide bonds. The zero-order valence-electron chi connectivity index (χ0n) is 14.3. The van der Waals surface area contributed by atoms with Crippen LogP contribution in [0.15, 0.2) is 0 Å². The molecule has 0 N–H and O–H groups in total. The number of hydrogen-bond donors (Lipinski definition) is 0. The number of hydrogen-bond acceptors (Lipinski definition) is 7. The van der Waals surface area contributed by atoms with Gasteiger partial charge < -0.3 is 33.6 Å². The van der Waals surface area contributed by atoms with Crippen molar-refractivity contribution in [3.8, 4) is 0 Å². The van der Waals surface area contributed by atoms with Crippen LogP contribution < -0.4 is 5.11 Å². The van der Waals surface area contributed by atoms with E-state index < -0.39 is 48.2 Å². The molecule has 5 aliphatic rings. The lowest BCUT2D eigenvalue weighted by atomic mass is 9.94. The third kappa shape index (κ3) is 2.63. The highest BCUT2D eigenvalue weighted by atomic mass is 16.9. The van der Waals surface area contributed by atoms with Crippen LogP contribution in [0.5, 0.6) is 0 Å². The molecule has 7 heteroatoms. The predicted molar refractivity (Wildman–Crippen MR) is 81.0 cm³/mol. The average Bonchev–Trinajstić information content (AvgIpc) is 3.13. The second-order valence-corrected chi connectivity index (χ2v) is 8.05. The Hall–Kier alpha value is -0.730. The summed E-state index contributed by atoms with van der Waals surface area (Å²) in [5.74, 6) is -2.64.